The van der Waals surface area contributed by atoms with Gasteiger partial charge in [0, 0.05) is 26.7 Å². The minimum absolute atomic E-state index is 0.128. The predicted octanol–water partition coefficient (Wildman–Crippen LogP) is 5.31. The van der Waals surface area contributed by atoms with Gasteiger partial charge in [-0.05, 0) is 63.9 Å². The van der Waals surface area contributed by atoms with Crippen LogP contribution in [0.5, 0.6) is 0 Å². The molecular weight excluding hydrogens is 407 g/mol. The molecule has 0 bridgehead atoms. The van der Waals surface area contributed by atoms with Crippen molar-refractivity contribution in [1.29, 1.82) is 0 Å². The average Bonchev–Trinajstić information content (AvgIpc) is 3.10. The van der Waals surface area contributed by atoms with Crippen LogP contribution >= 0.6 is 0 Å². The van der Waals surface area contributed by atoms with E-state index >= 15 is 0 Å². The van der Waals surface area contributed by atoms with Crippen LogP contribution in [0.4, 0.5) is 15.1 Å². The Morgan fingerprint density at radius 3 is 2.44 bits per heavy atom. The van der Waals surface area contributed by atoms with E-state index in [1.54, 1.807) is 24.1 Å². The number of hydrogen-bond acceptors (Lipinski definition) is 4. The first-order valence-electron chi connectivity index (χ1n) is 10.9. The zero-order chi connectivity index (χ0) is 23.5. The van der Waals surface area contributed by atoms with Crippen LogP contribution in [0.3, 0.4) is 0 Å². The van der Waals surface area contributed by atoms with E-state index in [4.69, 9.17) is 9.72 Å². The Morgan fingerprint density at radius 1 is 1.12 bits per heavy atom. The van der Waals surface area contributed by atoms with Crippen LogP contribution in [-0.4, -0.2) is 52.8 Å². The van der Waals surface area contributed by atoms with Crippen molar-refractivity contribution in [1.82, 2.24) is 14.5 Å². The van der Waals surface area contributed by atoms with Crippen molar-refractivity contribution in [2.75, 3.05) is 25.5 Å². The Kier molecular flexibility index (Phi) is 7.06. The maximum atomic E-state index is 13.4. The molecular formula is C25H33FN4O2. The summed E-state index contributed by atoms with van der Waals surface area (Å²) in [5, 5.41) is 0. The highest BCUT2D eigenvalue weighted by atomic mass is 19.1. The summed E-state index contributed by atoms with van der Waals surface area (Å²) < 4.78 is 21.0. The van der Waals surface area contributed by atoms with Crippen LogP contribution in [0.1, 0.15) is 39.7 Å². The maximum absolute atomic E-state index is 13.4. The third-order valence-electron chi connectivity index (χ3n) is 5.45. The predicted molar refractivity (Wildman–Crippen MR) is 127 cm³/mol. The maximum Gasteiger partial charge on any atom is 0.410 e. The molecule has 172 valence electrons. The number of carbonyl (C=O) groups is 1. The lowest BCUT2D eigenvalue weighted by atomic mass is 10.2. The number of hydrogen-bond donors (Lipinski definition) is 0. The molecule has 0 N–H and O–H groups in total. The van der Waals surface area contributed by atoms with Crippen molar-refractivity contribution in [3.63, 3.8) is 0 Å². The summed E-state index contributed by atoms with van der Waals surface area (Å²) >= 11 is 0. The number of nitrogens with zero attached hydrogens (tertiary/aromatic N) is 4. The van der Waals surface area contributed by atoms with E-state index in [9.17, 15) is 9.18 Å². The van der Waals surface area contributed by atoms with E-state index < -0.39 is 5.60 Å². The molecule has 0 radical (unpaired) electrons. The molecule has 3 aromatic rings. The Labute approximate surface area is 189 Å². The summed E-state index contributed by atoms with van der Waals surface area (Å²) in [5.41, 5.74) is 2.42. The molecule has 7 heteroatoms. The molecule has 1 aromatic heterocycles. The van der Waals surface area contributed by atoms with E-state index in [2.05, 4.69) is 16.4 Å². The smallest absolute Gasteiger partial charge is 0.410 e. The lowest BCUT2D eigenvalue weighted by Gasteiger charge is -2.29. The van der Waals surface area contributed by atoms with Gasteiger partial charge in [-0.15, -0.1) is 0 Å². The molecule has 1 unspecified atom stereocenters. The first-order valence-corrected chi connectivity index (χ1v) is 10.9. The van der Waals surface area contributed by atoms with Gasteiger partial charge in [0.1, 0.15) is 11.4 Å². The number of benzene rings is 2. The highest BCUT2D eigenvalue weighted by Gasteiger charge is 2.22. The monoisotopic (exact) mass is 440 g/mol. The fourth-order valence-electron chi connectivity index (χ4n) is 3.46. The van der Waals surface area contributed by atoms with Crippen molar-refractivity contribution >= 4 is 23.1 Å². The second-order valence-electron chi connectivity index (χ2n) is 9.26. The number of imidazole rings is 1. The van der Waals surface area contributed by atoms with E-state index in [1.165, 1.54) is 12.1 Å². The first kappa shape index (κ1) is 23.6. The average molecular weight is 441 g/mol. The second kappa shape index (κ2) is 9.59. The van der Waals surface area contributed by atoms with Gasteiger partial charge in [0.25, 0.3) is 0 Å². The largest absolute Gasteiger partial charge is 0.444 e. The highest BCUT2D eigenvalue weighted by Crippen LogP contribution is 2.25. The van der Waals surface area contributed by atoms with E-state index in [0.717, 1.165) is 29.0 Å². The Hall–Kier alpha value is -3.09. The van der Waals surface area contributed by atoms with Gasteiger partial charge in [-0.1, -0.05) is 24.3 Å². The molecule has 0 saturated carbocycles. The fraction of sp³-hybridized carbons (Fsp3) is 0.440. The zero-order valence-corrected chi connectivity index (χ0v) is 19.8. The van der Waals surface area contributed by atoms with Gasteiger partial charge in [0.2, 0.25) is 5.95 Å². The lowest BCUT2D eigenvalue weighted by Crippen LogP contribution is -2.38. The van der Waals surface area contributed by atoms with Crippen molar-refractivity contribution in [2.24, 2.45) is 0 Å². The topological polar surface area (TPSA) is 50.6 Å². The molecule has 0 aliphatic rings. The van der Waals surface area contributed by atoms with Crippen LogP contribution in [0.25, 0.3) is 11.0 Å². The van der Waals surface area contributed by atoms with Crippen LogP contribution in [0.15, 0.2) is 48.5 Å². The number of amides is 1. The molecule has 3 rings (SSSR count). The first-order chi connectivity index (χ1) is 15.0. The third kappa shape index (κ3) is 5.78. The van der Waals surface area contributed by atoms with Gasteiger partial charge in [-0.25, -0.2) is 14.2 Å². The van der Waals surface area contributed by atoms with Crippen molar-refractivity contribution in [3.05, 3.63) is 59.9 Å². The Balaban J connectivity index is 1.77. The molecule has 0 spiro atoms. The van der Waals surface area contributed by atoms with Crippen LogP contribution in [0, 0.1) is 5.82 Å². The number of aromatic nitrogens is 2. The SMILES string of the molecule is CC(CCN(C)C(=O)OC(C)(C)C)N(C)c1nc2ccccc2n1Cc1ccc(F)cc1. The molecule has 6 nitrogen and oxygen atoms in total. The Bertz CT molecular complexity index is 1060. The number of fused-ring (bicyclic) bond motifs is 1. The molecule has 0 aliphatic carbocycles. The third-order valence-corrected chi connectivity index (χ3v) is 5.45. The normalized spacial score (nSPS) is 12.6. The second-order valence-corrected chi connectivity index (χ2v) is 9.26. The summed E-state index contributed by atoms with van der Waals surface area (Å²) in [4.78, 5) is 20.9. The number of para-hydroxylation sites is 2. The van der Waals surface area contributed by atoms with Crippen LogP contribution in [-0.2, 0) is 11.3 Å². The van der Waals surface area contributed by atoms with Crippen LogP contribution in [0.2, 0.25) is 0 Å². The number of rotatable bonds is 7. The van der Waals surface area contributed by atoms with Crippen LogP contribution < -0.4 is 4.90 Å². The van der Waals surface area contributed by atoms with Crippen molar-refractivity contribution in [3.8, 4) is 0 Å². The molecule has 0 fully saturated rings. The summed E-state index contributed by atoms with van der Waals surface area (Å²) in [7, 11) is 3.77. The fourth-order valence-corrected chi connectivity index (χ4v) is 3.46. The summed E-state index contributed by atoms with van der Waals surface area (Å²) in [6, 6.07) is 14.7. The minimum Gasteiger partial charge on any atom is -0.444 e. The van der Waals surface area contributed by atoms with Gasteiger partial charge in [-0.2, -0.15) is 0 Å². The summed E-state index contributed by atoms with van der Waals surface area (Å²) in [6.07, 6.45) is 0.433. The summed E-state index contributed by atoms with van der Waals surface area (Å²) in [5.74, 6) is 0.590. The minimum atomic E-state index is -0.515. The molecule has 0 aliphatic heterocycles. The number of carbonyl (C=O) groups excluding carboxylic acids is 1. The van der Waals surface area contributed by atoms with E-state index in [-0.39, 0.29) is 18.0 Å². The molecule has 1 heterocycles. The number of ether oxygens (including phenoxy) is 1. The number of halogens is 1. The van der Waals surface area contributed by atoms with Gasteiger partial charge in [0.05, 0.1) is 17.6 Å². The van der Waals surface area contributed by atoms with E-state index in [1.807, 2.05) is 52.1 Å². The molecule has 1 atom stereocenters. The van der Waals surface area contributed by atoms with Gasteiger partial charge in [0.15, 0.2) is 0 Å². The Morgan fingerprint density at radius 2 is 1.78 bits per heavy atom. The van der Waals surface area contributed by atoms with Crippen molar-refractivity contribution < 1.29 is 13.9 Å². The lowest BCUT2D eigenvalue weighted by molar-refractivity contribution is 0.0295. The number of anilines is 1. The zero-order valence-electron chi connectivity index (χ0n) is 19.8. The van der Waals surface area contributed by atoms with Gasteiger partial charge >= 0.3 is 6.09 Å². The van der Waals surface area contributed by atoms with E-state index in [0.29, 0.717) is 13.1 Å². The quantitative estimate of drug-likeness (QED) is 0.500. The van der Waals surface area contributed by atoms with Crippen molar-refractivity contribution in [2.45, 2.75) is 52.3 Å². The molecule has 32 heavy (non-hydrogen) atoms. The molecule has 2 aromatic carbocycles. The van der Waals surface area contributed by atoms with Gasteiger partial charge < -0.3 is 19.1 Å². The molecule has 0 saturated heterocycles. The molecule has 1 amide bonds. The summed E-state index contributed by atoms with van der Waals surface area (Å²) in [6.45, 7) is 8.86. The van der Waals surface area contributed by atoms with Gasteiger partial charge in [-0.3, -0.25) is 0 Å². The highest BCUT2D eigenvalue weighted by molar-refractivity contribution is 5.79. The standard InChI is InChI=1S/C25H33FN4O2/c1-18(15-16-28(5)24(31)32-25(2,3)4)29(6)23-27-21-9-7-8-10-22(21)30(23)17-19-11-13-20(26)14-12-19/h7-14,18H,15-17H2,1-6H3.